The van der Waals surface area contributed by atoms with E-state index in [-0.39, 0.29) is 11.6 Å². The summed E-state index contributed by atoms with van der Waals surface area (Å²) in [6.45, 7) is 2.34. The number of hydrogen-bond acceptors (Lipinski definition) is 4. The van der Waals surface area contributed by atoms with E-state index in [1.54, 1.807) is 10.9 Å². The fourth-order valence-corrected chi connectivity index (χ4v) is 3.84. The molecule has 2 aromatic carbocycles. The number of nitrogens with one attached hydrogen (secondary N) is 2. The van der Waals surface area contributed by atoms with Gasteiger partial charge in [0.1, 0.15) is 11.4 Å². The highest BCUT2D eigenvalue weighted by Gasteiger charge is 2.18. The lowest BCUT2D eigenvalue weighted by Gasteiger charge is -2.17. The summed E-state index contributed by atoms with van der Waals surface area (Å²) in [5.41, 5.74) is 4.05. The van der Waals surface area contributed by atoms with Gasteiger partial charge in [-0.05, 0) is 42.8 Å². The largest absolute Gasteiger partial charge is 0.467 e. The van der Waals surface area contributed by atoms with E-state index in [4.69, 9.17) is 4.42 Å². The Labute approximate surface area is 179 Å². The molecule has 5 aromatic rings. The van der Waals surface area contributed by atoms with Gasteiger partial charge in [0.25, 0.3) is 5.56 Å². The fourth-order valence-electron chi connectivity index (χ4n) is 3.84. The first kappa shape index (κ1) is 19.1. The van der Waals surface area contributed by atoms with Gasteiger partial charge in [0.15, 0.2) is 0 Å². The van der Waals surface area contributed by atoms with E-state index in [1.807, 2.05) is 85.8 Å². The quantitative estimate of drug-likeness (QED) is 0.432. The Hall–Kier alpha value is -3.90. The number of fused-ring (bicyclic) bond motifs is 1. The van der Waals surface area contributed by atoms with Crippen LogP contribution in [-0.2, 0) is 6.54 Å². The maximum atomic E-state index is 12.9. The molecule has 0 unspecified atom stereocenters. The van der Waals surface area contributed by atoms with E-state index < -0.39 is 0 Å². The van der Waals surface area contributed by atoms with Crippen LogP contribution in [0, 0.1) is 6.92 Å². The van der Waals surface area contributed by atoms with Gasteiger partial charge in [0.2, 0.25) is 0 Å². The van der Waals surface area contributed by atoms with Crippen LogP contribution in [0.5, 0.6) is 0 Å². The van der Waals surface area contributed by atoms with Crippen LogP contribution in [0.4, 0.5) is 0 Å². The lowest BCUT2D eigenvalue weighted by molar-refractivity contribution is 0.445. The molecule has 0 saturated carbocycles. The molecule has 0 radical (unpaired) electrons. The molecule has 0 aliphatic rings. The summed E-state index contributed by atoms with van der Waals surface area (Å²) in [6, 6.07) is 25.4. The summed E-state index contributed by atoms with van der Waals surface area (Å²) in [7, 11) is 0. The van der Waals surface area contributed by atoms with Crippen LogP contribution in [0.25, 0.3) is 16.7 Å². The molecule has 6 nitrogen and oxygen atoms in total. The van der Waals surface area contributed by atoms with Gasteiger partial charge in [-0.25, -0.2) is 4.68 Å². The van der Waals surface area contributed by atoms with E-state index in [2.05, 4.69) is 15.4 Å². The van der Waals surface area contributed by atoms with Crippen molar-refractivity contribution in [2.24, 2.45) is 0 Å². The van der Waals surface area contributed by atoms with Crippen molar-refractivity contribution in [3.63, 3.8) is 0 Å². The molecular weight excluding hydrogens is 388 g/mol. The average molecular weight is 410 g/mol. The normalized spacial score (nSPS) is 12.3. The van der Waals surface area contributed by atoms with Gasteiger partial charge >= 0.3 is 0 Å². The Balaban J connectivity index is 1.49. The maximum Gasteiger partial charge on any atom is 0.254 e. The lowest BCUT2D eigenvalue weighted by atomic mass is 10.0. The Morgan fingerprint density at radius 2 is 1.77 bits per heavy atom. The van der Waals surface area contributed by atoms with Crippen molar-refractivity contribution in [2.45, 2.75) is 19.5 Å². The molecule has 31 heavy (non-hydrogen) atoms. The third-order valence-electron chi connectivity index (χ3n) is 5.41. The van der Waals surface area contributed by atoms with Crippen molar-refractivity contribution < 1.29 is 4.42 Å². The van der Waals surface area contributed by atoms with E-state index >= 15 is 0 Å². The first-order valence-corrected chi connectivity index (χ1v) is 10.2. The number of nitrogens with zero attached hydrogens (tertiary/aromatic N) is 2. The maximum absolute atomic E-state index is 12.9. The number of furan rings is 1. The summed E-state index contributed by atoms with van der Waals surface area (Å²) < 4.78 is 7.43. The molecular formula is C25H22N4O2. The number of aryl methyl sites for hydroxylation is 1. The second-order valence-corrected chi connectivity index (χ2v) is 7.46. The third kappa shape index (κ3) is 3.69. The molecule has 0 amide bonds. The van der Waals surface area contributed by atoms with Crippen molar-refractivity contribution in [3.8, 4) is 5.69 Å². The van der Waals surface area contributed by atoms with Gasteiger partial charge in [-0.1, -0.05) is 48.5 Å². The molecule has 154 valence electrons. The van der Waals surface area contributed by atoms with Crippen LogP contribution in [0.3, 0.4) is 0 Å². The molecule has 1 atom stereocenters. The van der Waals surface area contributed by atoms with Crippen molar-refractivity contribution in [3.05, 3.63) is 118 Å². The zero-order valence-corrected chi connectivity index (χ0v) is 17.1. The Kier molecular flexibility index (Phi) is 4.98. The SMILES string of the molecule is Cc1nn(-c2ccccc2)c2[nH]c(=O)c(CN[C@H](c3ccccc3)c3ccco3)cc12. The number of aromatic amines is 1. The number of rotatable bonds is 6. The highest BCUT2D eigenvalue weighted by molar-refractivity contribution is 5.80. The molecule has 0 aliphatic carbocycles. The average Bonchev–Trinajstić information content (AvgIpc) is 3.44. The predicted molar refractivity (Wildman–Crippen MR) is 120 cm³/mol. The number of H-pyrrole nitrogens is 1. The molecule has 6 heteroatoms. The predicted octanol–water partition coefficient (Wildman–Crippen LogP) is 4.49. The van der Waals surface area contributed by atoms with Gasteiger partial charge in [-0.3, -0.25) is 10.1 Å². The number of hydrogen-bond donors (Lipinski definition) is 2. The van der Waals surface area contributed by atoms with Gasteiger partial charge < -0.3 is 9.40 Å². The van der Waals surface area contributed by atoms with Crippen LogP contribution in [0.15, 0.2) is 94.3 Å². The van der Waals surface area contributed by atoms with Crippen LogP contribution < -0.4 is 10.9 Å². The minimum atomic E-state index is -0.153. The van der Waals surface area contributed by atoms with Gasteiger partial charge in [-0.15, -0.1) is 0 Å². The van der Waals surface area contributed by atoms with Crippen LogP contribution in [0.1, 0.15) is 28.6 Å². The summed E-state index contributed by atoms with van der Waals surface area (Å²) in [6.07, 6.45) is 1.66. The third-order valence-corrected chi connectivity index (χ3v) is 5.41. The first-order valence-electron chi connectivity index (χ1n) is 10.2. The van der Waals surface area contributed by atoms with Crippen molar-refractivity contribution in [1.82, 2.24) is 20.1 Å². The lowest BCUT2D eigenvalue weighted by Crippen LogP contribution is -2.25. The monoisotopic (exact) mass is 410 g/mol. The summed E-state index contributed by atoms with van der Waals surface area (Å²) in [5.74, 6) is 0.803. The molecule has 3 heterocycles. The zero-order chi connectivity index (χ0) is 21.2. The smallest absolute Gasteiger partial charge is 0.254 e. The van der Waals surface area contributed by atoms with Crippen LogP contribution in [0.2, 0.25) is 0 Å². The van der Waals surface area contributed by atoms with Crippen molar-refractivity contribution >= 4 is 11.0 Å². The van der Waals surface area contributed by atoms with Crippen molar-refractivity contribution in [2.75, 3.05) is 0 Å². The molecule has 0 spiro atoms. The Bertz CT molecular complexity index is 1350. The molecule has 5 rings (SSSR count). The minimum Gasteiger partial charge on any atom is -0.467 e. The summed E-state index contributed by atoms with van der Waals surface area (Å²) >= 11 is 0. The van der Waals surface area contributed by atoms with E-state index in [0.29, 0.717) is 17.8 Å². The molecule has 0 saturated heterocycles. The molecule has 0 aliphatic heterocycles. The van der Waals surface area contributed by atoms with Gasteiger partial charge in [0.05, 0.1) is 23.7 Å². The summed E-state index contributed by atoms with van der Waals surface area (Å²) in [4.78, 5) is 15.9. The van der Waals surface area contributed by atoms with E-state index in [0.717, 1.165) is 28.1 Å². The van der Waals surface area contributed by atoms with E-state index in [1.165, 1.54) is 0 Å². The highest BCUT2D eigenvalue weighted by Crippen LogP contribution is 2.24. The molecule has 2 N–H and O–H groups in total. The second-order valence-electron chi connectivity index (χ2n) is 7.46. The molecule has 0 fully saturated rings. The zero-order valence-electron chi connectivity index (χ0n) is 17.1. The number of pyridine rings is 1. The number of benzene rings is 2. The van der Waals surface area contributed by atoms with Gasteiger partial charge in [0, 0.05) is 17.5 Å². The fraction of sp³-hybridized carbons (Fsp3) is 0.120. The Morgan fingerprint density at radius 3 is 2.48 bits per heavy atom. The van der Waals surface area contributed by atoms with Crippen LogP contribution in [-0.4, -0.2) is 14.8 Å². The Morgan fingerprint density at radius 1 is 1.03 bits per heavy atom. The summed E-state index contributed by atoms with van der Waals surface area (Å²) in [5, 5.41) is 9.04. The van der Waals surface area contributed by atoms with Crippen LogP contribution >= 0.6 is 0 Å². The topological polar surface area (TPSA) is 75.8 Å². The second kappa shape index (κ2) is 8.08. The standard InChI is InChI=1S/C25H22N4O2/c1-17-21-15-19(25(30)27-24(21)29(28-17)20-11-6-3-7-12-20)16-26-23(22-13-8-14-31-22)18-9-4-2-5-10-18/h2-15,23,26H,16H2,1H3,(H,27,30)/t23-/m1/s1. The number of aromatic nitrogens is 3. The number of para-hydroxylation sites is 1. The van der Waals surface area contributed by atoms with Gasteiger partial charge in [-0.2, -0.15) is 5.10 Å². The minimum absolute atomic E-state index is 0.136. The van der Waals surface area contributed by atoms with Crippen molar-refractivity contribution in [1.29, 1.82) is 0 Å². The first-order chi connectivity index (χ1) is 15.2. The van der Waals surface area contributed by atoms with E-state index in [9.17, 15) is 4.79 Å². The molecule has 3 aromatic heterocycles. The molecule has 0 bridgehead atoms. The highest BCUT2D eigenvalue weighted by atomic mass is 16.3.